The number of hydrogen-bond acceptors (Lipinski definition) is 4. The molecule has 0 saturated heterocycles. The molecule has 0 N–H and O–H groups in total. The first-order chi connectivity index (χ1) is 9.83. The van der Waals surface area contributed by atoms with Crippen LogP contribution in [0.5, 0.6) is 0 Å². The maximum absolute atomic E-state index is 9.06. The summed E-state index contributed by atoms with van der Waals surface area (Å²) >= 11 is 3.13. The average Bonchev–Trinajstić information content (AvgIpc) is 3.15. The molecule has 3 aromatic rings. The van der Waals surface area contributed by atoms with Crippen molar-refractivity contribution in [2.45, 2.75) is 0 Å². The van der Waals surface area contributed by atoms with Gasteiger partial charge in [-0.3, -0.25) is 0 Å². The van der Waals surface area contributed by atoms with Gasteiger partial charge in [0.1, 0.15) is 12.1 Å². The van der Waals surface area contributed by atoms with E-state index in [4.69, 9.17) is 10.5 Å². The molecule has 2 nitrogen and oxygen atoms in total. The Bertz CT molecular complexity index is 755. The summed E-state index contributed by atoms with van der Waals surface area (Å²) in [6, 6.07) is 16.1. The van der Waals surface area contributed by atoms with Crippen molar-refractivity contribution >= 4 is 22.7 Å². The van der Waals surface area contributed by atoms with E-state index in [1.54, 1.807) is 22.7 Å². The standard InChI is InChI=1S/C16H8N2S2/c17-9-13-5-7-19-15(13)11-1-2-12(4-3-11)16-14(10-18)6-8-20-16/h1-8H. The quantitative estimate of drug-likeness (QED) is 0.675. The number of rotatable bonds is 2. The molecule has 0 spiro atoms. The van der Waals surface area contributed by atoms with Gasteiger partial charge in [-0.05, 0) is 34.0 Å². The average molecular weight is 292 g/mol. The van der Waals surface area contributed by atoms with Crippen molar-refractivity contribution in [3.05, 3.63) is 58.3 Å². The monoisotopic (exact) mass is 292 g/mol. The lowest BCUT2D eigenvalue weighted by molar-refractivity contribution is 1.50. The van der Waals surface area contributed by atoms with E-state index in [0.29, 0.717) is 11.1 Å². The van der Waals surface area contributed by atoms with Crippen molar-refractivity contribution in [3.8, 4) is 33.0 Å². The summed E-state index contributed by atoms with van der Waals surface area (Å²) in [6.45, 7) is 0. The van der Waals surface area contributed by atoms with E-state index in [1.165, 1.54) is 0 Å². The second-order valence-corrected chi connectivity index (χ2v) is 5.96. The molecular weight excluding hydrogens is 284 g/mol. The zero-order valence-corrected chi connectivity index (χ0v) is 12.0. The topological polar surface area (TPSA) is 47.6 Å². The third-order valence-corrected chi connectivity index (χ3v) is 4.91. The summed E-state index contributed by atoms with van der Waals surface area (Å²) in [7, 11) is 0. The second-order valence-electron chi connectivity index (χ2n) is 4.13. The Morgan fingerprint density at radius 1 is 0.650 bits per heavy atom. The second kappa shape index (κ2) is 5.30. The van der Waals surface area contributed by atoms with Crippen LogP contribution in [-0.2, 0) is 0 Å². The van der Waals surface area contributed by atoms with Gasteiger partial charge in [0.2, 0.25) is 0 Å². The molecule has 0 amide bonds. The fourth-order valence-corrected chi connectivity index (χ4v) is 3.72. The van der Waals surface area contributed by atoms with E-state index in [-0.39, 0.29) is 0 Å². The molecule has 3 rings (SSSR count). The van der Waals surface area contributed by atoms with Crippen LogP contribution < -0.4 is 0 Å². The van der Waals surface area contributed by atoms with Crippen molar-refractivity contribution in [1.29, 1.82) is 10.5 Å². The molecule has 0 radical (unpaired) electrons. The number of hydrogen-bond donors (Lipinski definition) is 0. The van der Waals surface area contributed by atoms with Gasteiger partial charge in [0, 0.05) is 0 Å². The molecule has 2 aromatic heterocycles. The Balaban J connectivity index is 2.01. The number of thiophene rings is 2. The van der Waals surface area contributed by atoms with Gasteiger partial charge >= 0.3 is 0 Å². The van der Waals surface area contributed by atoms with Crippen LogP contribution in [0.25, 0.3) is 20.9 Å². The molecule has 1 aromatic carbocycles. The van der Waals surface area contributed by atoms with Gasteiger partial charge in [-0.25, -0.2) is 0 Å². The van der Waals surface area contributed by atoms with Crippen molar-refractivity contribution in [3.63, 3.8) is 0 Å². The zero-order chi connectivity index (χ0) is 13.9. The van der Waals surface area contributed by atoms with Crippen molar-refractivity contribution in [2.24, 2.45) is 0 Å². The SMILES string of the molecule is N#Cc1ccsc1-c1ccc(-c2sccc2C#N)cc1. The van der Waals surface area contributed by atoms with Gasteiger partial charge in [0.15, 0.2) is 0 Å². The van der Waals surface area contributed by atoms with Crippen molar-refractivity contribution in [2.75, 3.05) is 0 Å². The predicted molar refractivity (Wildman–Crippen MR) is 82.5 cm³/mol. The molecule has 0 bridgehead atoms. The van der Waals surface area contributed by atoms with Crippen LogP contribution in [0.15, 0.2) is 47.2 Å². The van der Waals surface area contributed by atoms with E-state index >= 15 is 0 Å². The van der Waals surface area contributed by atoms with E-state index in [9.17, 15) is 0 Å². The third-order valence-electron chi connectivity index (χ3n) is 2.98. The van der Waals surface area contributed by atoms with Crippen LogP contribution in [-0.4, -0.2) is 0 Å². The minimum absolute atomic E-state index is 0.705. The summed E-state index contributed by atoms with van der Waals surface area (Å²) in [5.41, 5.74) is 3.49. The lowest BCUT2D eigenvalue weighted by atomic mass is 10.1. The smallest absolute Gasteiger partial charge is 0.101 e. The lowest BCUT2D eigenvalue weighted by Crippen LogP contribution is -1.80. The normalized spacial score (nSPS) is 9.90. The number of nitriles is 2. The molecule has 0 aliphatic carbocycles. The molecule has 0 aliphatic heterocycles. The largest absolute Gasteiger partial charge is 0.192 e. The third kappa shape index (κ3) is 2.12. The summed E-state index contributed by atoms with van der Waals surface area (Å²) in [5.74, 6) is 0. The molecular formula is C16H8N2S2. The molecule has 94 valence electrons. The molecule has 0 atom stereocenters. The lowest BCUT2D eigenvalue weighted by Gasteiger charge is -2.02. The zero-order valence-electron chi connectivity index (χ0n) is 10.3. The molecule has 20 heavy (non-hydrogen) atoms. The maximum Gasteiger partial charge on any atom is 0.101 e. The highest BCUT2D eigenvalue weighted by Crippen LogP contribution is 2.33. The van der Waals surface area contributed by atoms with Crippen LogP contribution in [0, 0.1) is 22.7 Å². The number of benzene rings is 1. The Morgan fingerprint density at radius 2 is 1.05 bits per heavy atom. The Morgan fingerprint density at radius 3 is 1.40 bits per heavy atom. The van der Waals surface area contributed by atoms with E-state index in [0.717, 1.165) is 20.9 Å². The summed E-state index contributed by atoms with van der Waals surface area (Å²) < 4.78 is 0. The predicted octanol–water partition coefficient (Wildman–Crippen LogP) is 4.89. The Labute approximate surface area is 124 Å². The van der Waals surface area contributed by atoms with Crippen LogP contribution >= 0.6 is 22.7 Å². The fraction of sp³-hybridized carbons (Fsp3) is 0. The van der Waals surface area contributed by atoms with Gasteiger partial charge in [0.05, 0.1) is 20.9 Å². The highest BCUT2D eigenvalue weighted by molar-refractivity contribution is 7.14. The van der Waals surface area contributed by atoms with Crippen LogP contribution in [0.2, 0.25) is 0 Å². The highest BCUT2D eigenvalue weighted by atomic mass is 32.1. The number of nitrogens with zero attached hydrogens (tertiary/aromatic N) is 2. The molecule has 0 unspecified atom stereocenters. The van der Waals surface area contributed by atoms with Gasteiger partial charge in [-0.15, -0.1) is 22.7 Å². The first kappa shape index (κ1) is 12.6. The molecule has 2 heterocycles. The first-order valence-electron chi connectivity index (χ1n) is 5.89. The summed E-state index contributed by atoms with van der Waals surface area (Å²) in [5, 5.41) is 22.0. The summed E-state index contributed by atoms with van der Waals surface area (Å²) in [6.07, 6.45) is 0. The van der Waals surface area contributed by atoms with Crippen molar-refractivity contribution in [1.82, 2.24) is 0 Å². The molecule has 0 saturated carbocycles. The summed E-state index contributed by atoms with van der Waals surface area (Å²) in [4.78, 5) is 1.98. The van der Waals surface area contributed by atoms with Gasteiger partial charge < -0.3 is 0 Å². The van der Waals surface area contributed by atoms with E-state index in [2.05, 4.69) is 12.1 Å². The van der Waals surface area contributed by atoms with Crippen LogP contribution in [0.1, 0.15) is 11.1 Å². The maximum atomic E-state index is 9.06. The Kier molecular flexibility index (Phi) is 3.35. The fourth-order valence-electron chi connectivity index (χ4n) is 2.01. The van der Waals surface area contributed by atoms with E-state index < -0.39 is 0 Å². The van der Waals surface area contributed by atoms with E-state index in [1.807, 2.05) is 47.2 Å². The minimum Gasteiger partial charge on any atom is -0.192 e. The molecule has 0 aliphatic rings. The first-order valence-corrected chi connectivity index (χ1v) is 7.65. The molecule has 0 fully saturated rings. The van der Waals surface area contributed by atoms with Gasteiger partial charge in [-0.1, -0.05) is 24.3 Å². The van der Waals surface area contributed by atoms with Crippen LogP contribution in [0.4, 0.5) is 0 Å². The van der Waals surface area contributed by atoms with Gasteiger partial charge in [0.25, 0.3) is 0 Å². The minimum atomic E-state index is 0.705. The van der Waals surface area contributed by atoms with Crippen LogP contribution in [0.3, 0.4) is 0 Å². The Hall–Kier alpha value is -2.40. The highest BCUT2D eigenvalue weighted by Gasteiger charge is 2.09. The van der Waals surface area contributed by atoms with Crippen molar-refractivity contribution < 1.29 is 0 Å². The molecule has 4 heteroatoms. The van der Waals surface area contributed by atoms with Gasteiger partial charge in [-0.2, -0.15) is 10.5 Å².